The van der Waals surface area contributed by atoms with Gasteiger partial charge in [-0.2, -0.15) is 0 Å². The summed E-state index contributed by atoms with van der Waals surface area (Å²) >= 11 is 0. The van der Waals surface area contributed by atoms with Crippen LogP contribution in [0, 0.1) is 10.1 Å². The Morgan fingerprint density at radius 2 is 1.61 bits per heavy atom. The van der Waals surface area contributed by atoms with Crippen LogP contribution in [0.25, 0.3) is 21.9 Å². The van der Waals surface area contributed by atoms with E-state index in [2.05, 4.69) is 0 Å². The fourth-order valence-corrected chi connectivity index (χ4v) is 2.48. The predicted octanol–water partition coefficient (Wildman–Crippen LogP) is 5.45. The number of nitrogens with zero attached hydrogens (tertiary/aromatic N) is 1. The van der Waals surface area contributed by atoms with Crippen molar-refractivity contribution in [3.05, 3.63) is 70.8 Å². The molecule has 0 radical (unpaired) electrons. The van der Waals surface area contributed by atoms with Crippen molar-refractivity contribution in [3.63, 3.8) is 0 Å². The van der Waals surface area contributed by atoms with Gasteiger partial charge in [0, 0.05) is 6.07 Å². The molecule has 3 rings (SSSR count). The fraction of sp³-hybridized carbons (Fsp3) is 0.158. The maximum atomic E-state index is 11.2. The molecule has 0 atom stereocenters. The Balaban J connectivity index is 0.000000924. The third-order valence-corrected chi connectivity index (χ3v) is 3.48. The van der Waals surface area contributed by atoms with Gasteiger partial charge < -0.3 is 4.74 Å². The molecule has 3 aromatic rings. The normalized spacial score (nSPS) is 9.87. The van der Waals surface area contributed by atoms with E-state index in [-0.39, 0.29) is 10.6 Å². The van der Waals surface area contributed by atoms with Crippen LogP contribution in [0.1, 0.15) is 13.8 Å². The number of nitro groups is 1. The number of para-hydroxylation sites is 1. The molecule has 0 bridgehead atoms. The van der Waals surface area contributed by atoms with E-state index in [0.29, 0.717) is 5.56 Å². The van der Waals surface area contributed by atoms with Gasteiger partial charge in [-0.3, -0.25) is 10.1 Å². The minimum Gasteiger partial charge on any atom is -0.497 e. The van der Waals surface area contributed by atoms with Crippen molar-refractivity contribution in [3.8, 4) is 16.9 Å². The van der Waals surface area contributed by atoms with Gasteiger partial charge in [0.25, 0.3) is 5.69 Å². The second-order valence-corrected chi connectivity index (χ2v) is 4.67. The van der Waals surface area contributed by atoms with Crippen molar-refractivity contribution in [2.45, 2.75) is 13.8 Å². The molecule has 0 aromatic heterocycles. The zero-order valence-electron chi connectivity index (χ0n) is 13.4. The van der Waals surface area contributed by atoms with E-state index in [9.17, 15) is 10.1 Å². The Labute approximate surface area is 135 Å². The van der Waals surface area contributed by atoms with Crippen LogP contribution in [0.2, 0.25) is 0 Å². The molecular weight excluding hydrogens is 290 g/mol. The molecule has 0 saturated heterocycles. The lowest BCUT2D eigenvalue weighted by Gasteiger charge is -2.09. The van der Waals surface area contributed by atoms with Gasteiger partial charge in [-0.05, 0) is 34.5 Å². The first kappa shape index (κ1) is 16.5. The first-order chi connectivity index (χ1) is 11.2. The van der Waals surface area contributed by atoms with E-state index in [1.54, 1.807) is 19.2 Å². The Hall–Kier alpha value is -2.88. The van der Waals surface area contributed by atoms with Gasteiger partial charge in [-0.25, -0.2) is 0 Å². The molecule has 0 N–H and O–H groups in total. The average Bonchev–Trinajstić information content (AvgIpc) is 2.62. The van der Waals surface area contributed by atoms with Crippen molar-refractivity contribution < 1.29 is 9.66 Å². The maximum Gasteiger partial charge on any atom is 0.277 e. The van der Waals surface area contributed by atoms with Gasteiger partial charge in [0.15, 0.2) is 0 Å². The number of nitro benzene ring substituents is 1. The molecule has 3 aromatic carbocycles. The van der Waals surface area contributed by atoms with E-state index >= 15 is 0 Å². The highest BCUT2D eigenvalue weighted by Gasteiger charge is 2.16. The van der Waals surface area contributed by atoms with Crippen molar-refractivity contribution in [1.82, 2.24) is 0 Å². The third kappa shape index (κ3) is 3.31. The van der Waals surface area contributed by atoms with Gasteiger partial charge in [0.2, 0.25) is 0 Å². The van der Waals surface area contributed by atoms with Crippen LogP contribution in [0.4, 0.5) is 5.69 Å². The zero-order chi connectivity index (χ0) is 16.8. The highest BCUT2D eigenvalue weighted by atomic mass is 16.6. The van der Waals surface area contributed by atoms with Gasteiger partial charge in [0.05, 0.1) is 17.6 Å². The summed E-state index contributed by atoms with van der Waals surface area (Å²) in [5.41, 5.74) is 1.58. The molecule has 4 nitrogen and oxygen atoms in total. The maximum absolute atomic E-state index is 11.2. The van der Waals surface area contributed by atoms with Crippen molar-refractivity contribution in [2.75, 3.05) is 7.11 Å². The van der Waals surface area contributed by atoms with Crippen LogP contribution in [-0.2, 0) is 0 Å². The van der Waals surface area contributed by atoms with Crippen LogP contribution in [-0.4, -0.2) is 12.0 Å². The molecule has 0 fully saturated rings. The first-order valence-corrected chi connectivity index (χ1v) is 7.51. The van der Waals surface area contributed by atoms with Crippen LogP contribution in [0.5, 0.6) is 5.75 Å². The summed E-state index contributed by atoms with van der Waals surface area (Å²) in [5.74, 6) is 0.766. The van der Waals surface area contributed by atoms with Gasteiger partial charge in [-0.15, -0.1) is 0 Å². The standard InChI is InChI=1S/C17H13NO3.C2H6/c1-21-13-9-10-14-12(11-13)5-4-7-15(14)16-6-2-3-8-17(16)18(19)20;1-2/h2-11H,1H3;1-2H3. The summed E-state index contributed by atoms with van der Waals surface area (Å²) in [6, 6.07) is 18.3. The Kier molecular flexibility index (Phi) is 5.31. The van der Waals surface area contributed by atoms with E-state index in [4.69, 9.17) is 4.74 Å². The highest BCUT2D eigenvalue weighted by Crippen LogP contribution is 2.35. The van der Waals surface area contributed by atoms with Crippen molar-refractivity contribution in [2.24, 2.45) is 0 Å². The monoisotopic (exact) mass is 309 g/mol. The second kappa shape index (κ2) is 7.40. The predicted molar refractivity (Wildman–Crippen MR) is 93.9 cm³/mol. The minimum absolute atomic E-state index is 0.112. The second-order valence-electron chi connectivity index (χ2n) is 4.67. The summed E-state index contributed by atoms with van der Waals surface area (Å²) in [4.78, 5) is 10.9. The minimum atomic E-state index is -0.350. The Morgan fingerprint density at radius 1 is 0.913 bits per heavy atom. The summed E-state index contributed by atoms with van der Waals surface area (Å²) in [6.45, 7) is 4.00. The Morgan fingerprint density at radius 3 is 2.30 bits per heavy atom. The van der Waals surface area contributed by atoms with E-state index in [1.807, 2.05) is 56.3 Å². The average molecular weight is 309 g/mol. The van der Waals surface area contributed by atoms with Gasteiger partial charge >= 0.3 is 0 Å². The van der Waals surface area contributed by atoms with Crippen LogP contribution in [0.15, 0.2) is 60.7 Å². The molecule has 0 spiro atoms. The molecule has 0 amide bonds. The van der Waals surface area contributed by atoms with Gasteiger partial charge in [-0.1, -0.05) is 50.2 Å². The SMILES string of the molecule is CC.COc1ccc2c(-c3ccccc3[N+](=O)[O-])cccc2c1. The van der Waals surface area contributed by atoms with E-state index < -0.39 is 0 Å². The summed E-state index contributed by atoms with van der Waals surface area (Å²) in [5, 5.41) is 13.2. The number of hydrogen-bond acceptors (Lipinski definition) is 3. The molecule has 0 heterocycles. The van der Waals surface area contributed by atoms with Crippen LogP contribution in [0.3, 0.4) is 0 Å². The lowest BCUT2D eigenvalue weighted by molar-refractivity contribution is -0.384. The molecule has 23 heavy (non-hydrogen) atoms. The largest absolute Gasteiger partial charge is 0.497 e. The number of rotatable bonds is 3. The number of fused-ring (bicyclic) bond motifs is 1. The molecule has 0 aliphatic heterocycles. The zero-order valence-corrected chi connectivity index (χ0v) is 13.4. The lowest BCUT2D eigenvalue weighted by atomic mass is 9.97. The molecule has 4 heteroatoms. The quantitative estimate of drug-likeness (QED) is 0.477. The van der Waals surface area contributed by atoms with E-state index in [1.165, 1.54) is 6.07 Å². The van der Waals surface area contributed by atoms with E-state index in [0.717, 1.165) is 22.1 Å². The topological polar surface area (TPSA) is 52.4 Å². The van der Waals surface area contributed by atoms with Crippen LogP contribution < -0.4 is 4.74 Å². The number of methoxy groups -OCH3 is 1. The molecule has 0 aliphatic rings. The molecule has 0 unspecified atom stereocenters. The third-order valence-electron chi connectivity index (χ3n) is 3.48. The number of hydrogen-bond donors (Lipinski definition) is 0. The molecule has 0 aliphatic carbocycles. The lowest BCUT2D eigenvalue weighted by Crippen LogP contribution is -1.92. The van der Waals surface area contributed by atoms with Crippen LogP contribution >= 0.6 is 0 Å². The summed E-state index contributed by atoms with van der Waals surface area (Å²) in [7, 11) is 1.62. The van der Waals surface area contributed by atoms with Crippen molar-refractivity contribution >= 4 is 16.5 Å². The smallest absolute Gasteiger partial charge is 0.277 e. The summed E-state index contributed by atoms with van der Waals surface area (Å²) in [6.07, 6.45) is 0. The first-order valence-electron chi connectivity index (χ1n) is 7.51. The molecule has 118 valence electrons. The summed E-state index contributed by atoms with van der Waals surface area (Å²) < 4.78 is 5.22. The van der Waals surface area contributed by atoms with Gasteiger partial charge in [0.1, 0.15) is 5.75 Å². The van der Waals surface area contributed by atoms with Crippen molar-refractivity contribution in [1.29, 1.82) is 0 Å². The fourth-order valence-electron chi connectivity index (χ4n) is 2.48. The Bertz CT molecular complexity index is 828. The molecular formula is C19H19NO3. The number of ether oxygens (including phenoxy) is 1. The highest BCUT2D eigenvalue weighted by molar-refractivity contribution is 5.99. The molecule has 0 saturated carbocycles. The number of benzene rings is 3.